The van der Waals surface area contributed by atoms with Gasteiger partial charge in [0.25, 0.3) is 0 Å². The zero-order valence-electron chi connectivity index (χ0n) is 13.3. The first-order valence-corrected chi connectivity index (χ1v) is 8.02. The predicted octanol–water partition coefficient (Wildman–Crippen LogP) is 4.92. The van der Waals surface area contributed by atoms with Gasteiger partial charge in [-0.15, -0.1) is 0 Å². The maximum atomic E-state index is 11.3. The largest absolute Gasteiger partial charge is 0.295 e. The topological polar surface area (TPSA) is 17.1 Å². The molecule has 0 atom stereocenters. The molecule has 0 saturated heterocycles. The van der Waals surface area contributed by atoms with Gasteiger partial charge in [0.2, 0.25) is 0 Å². The third-order valence-electron chi connectivity index (χ3n) is 3.82. The van der Waals surface area contributed by atoms with E-state index in [4.69, 9.17) is 0 Å². The van der Waals surface area contributed by atoms with Gasteiger partial charge in [0.15, 0.2) is 5.78 Å². The van der Waals surface area contributed by atoms with Crippen molar-refractivity contribution in [1.82, 2.24) is 0 Å². The number of ketones is 1. The van der Waals surface area contributed by atoms with Crippen molar-refractivity contribution < 1.29 is 4.79 Å². The van der Waals surface area contributed by atoms with Crippen LogP contribution in [-0.2, 0) is 24.1 Å². The summed E-state index contributed by atoms with van der Waals surface area (Å²) in [5.74, 6) is 0.109. The summed E-state index contributed by atoms with van der Waals surface area (Å²) in [6.45, 7) is 5.73. The van der Waals surface area contributed by atoms with Crippen LogP contribution in [0.25, 0.3) is 0 Å². The zero-order valence-corrected chi connectivity index (χ0v) is 13.3. The summed E-state index contributed by atoms with van der Waals surface area (Å²) in [5.41, 5.74) is 5.28. The van der Waals surface area contributed by atoms with Crippen molar-refractivity contribution in [2.75, 3.05) is 0 Å². The first-order valence-electron chi connectivity index (χ1n) is 8.02. The van der Waals surface area contributed by atoms with E-state index in [0.29, 0.717) is 6.42 Å². The molecule has 1 nitrogen and oxygen atoms in total. The van der Waals surface area contributed by atoms with Crippen LogP contribution in [0.2, 0.25) is 0 Å². The molecule has 2 rings (SSSR count). The van der Waals surface area contributed by atoms with Crippen LogP contribution in [0.1, 0.15) is 42.0 Å². The molecular formula is C21H24O. The van der Waals surface area contributed by atoms with E-state index in [-0.39, 0.29) is 5.78 Å². The molecule has 0 amide bonds. The Morgan fingerprint density at radius 2 is 1.50 bits per heavy atom. The number of hydrogen-bond donors (Lipinski definition) is 0. The Hall–Kier alpha value is -2.15. The monoisotopic (exact) mass is 292 g/mol. The van der Waals surface area contributed by atoms with E-state index in [1.807, 2.05) is 0 Å². The first-order chi connectivity index (χ1) is 10.7. The molecule has 0 spiro atoms. The van der Waals surface area contributed by atoms with Crippen LogP contribution in [0.3, 0.4) is 0 Å². The van der Waals surface area contributed by atoms with Gasteiger partial charge >= 0.3 is 0 Å². The van der Waals surface area contributed by atoms with E-state index >= 15 is 0 Å². The molecule has 0 aromatic heterocycles. The number of carbonyl (C=O) groups excluding carboxylic acids is 1. The number of aryl methyl sites for hydroxylation is 2. The first kappa shape index (κ1) is 16.2. The molecule has 0 aliphatic carbocycles. The van der Waals surface area contributed by atoms with E-state index in [1.165, 1.54) is 34.8 Å². The molecule has 0 aliphatic rings. The molecule has 0 saturated carbocycles. The molecule has 0 N–H and O–H groups in total. The summed E-state index contributed by atoms with van der Waals surface area (Å²) < 4.78 is 0. The maximum absolute atomic E-state index is 11.3. The smallest absolute Gasteiger partial charge is 0.155 e. The third kappa shape index (κ3) is 5.00. The fourth-order valence-electron chi connectivity index (χ4n) is 2.68. The second-order valence-corrected chi connectivity index (χ2v) is 5.74. The van der Waals surface area contributed by atoms with Gasteiger partial charge < -0.3 is 0 Å². The summed E-state index contributed by atoms with van der Waals surface area (Å²) in [6, 6.07) is 17.4. The lowest BCUT2D eigenvalue weighted by molar-refractivity contribution is -0.114. The number of hydrogen-bond acceptors (Lipinski definition) is 1. The van der Waals surface area contributed by atoms with Gasteiger partial charge in [0.05, 0.1) is 0 Å². The molecule has 1 heteroatoms. The highest BCUT2D eigenvalue weighted by molar-refractivity contribution is 5.89. The zero-order chi connectivity index (χ0) is 15.8. The lowest BCUT2D eigenvalue weighted by Crippen LogP contribution is -1.97. The summed E-state index contributed by atoms with van der Waals surface area (Å²) in [6.07, 6.45) is 5.99. The van der Waals surface area contributed by atoms with Crippen molar-refractivity contribution in [3.8, 4) is 0 Å². The molecule has 0 fully saturated rings. The molecule has 2 aromatic carbocycles. The molecule has 0 bridgehead atoms. The number of carbonyl (C=O) groups is 1. The highest BCUT2D eigenvalue weighted by atomic mass is 16.1. The molecular weight excluding hydrogens is 268 g/mol. The number of rotatable bonds is 8. The van der Waals surface area contributed by atoms with Crippen LogP contribution in [0.4, 0.5) is 0 Å². The van der Waals surface area contributed by atoms with E-state index in [1.54, 1.807) is 0 Å². The predicted molar refractivity (Wildman–Crippen MR) is 93.2 cm³/mol. The molecule has 0 heterocycles. The van der Waals surface area contributed by atoms with E-state index < -0.39 is 0 Å². The standard InChI is InChI=1S/C21H24O/c1-3-7-17-8-5-10-19(14-17)16-20-11-6-9-18(15-20)12-13-21(22)4-2/h4-6,8-11,14-15H,2-3,7,12-13,16H2,1H3. The minimum absolute atomic E-state index is 0.109. The van der Waals surface area contributed by atoms with E-state index in [0.717, 1.165) is 19.3 Å². The summed E-state index contributed by atoms with van der Waals surface area (Å²) in [7, 11) is 0. The normalized spacial score (nSPS) is 10.4. The van der Waals surface area contributed by atoms with Gasteiger partial charge in [-0.1, -0.05) is 68.5 Å². The van der Waals surface area contributed by atoms with Gasteiger partial charge in [-0.2, -0.15) is 0 Å². The highest BCUT2D eigenvalue weighted by Gasteiger charge is 2.02. The van der Waals surface area contributed by atoms with Crippen molar-refractivity contribution >= 4 is 5.78 Å². The fraction of sp³-hybridized carbons (Fsp3) is 0.286. The SMILES string of the molecule is C=CC(=O)CCc1cccc(Cc2cccc(CCC)c2)c1. The fourth-order valence-corrected chi connectivity index (χ4v) is 2.68. The molecule has 114 valence electrons. The lowest BCUT2D eigenvalue weighted by Gasteiger charge is -2.07. The lowest BCUT2D eigenvalue weighted by atomic mass is 9.98. The van der Waals surface area contributed by atoms with E-state index in [9.17, 15) is 4.79 Å². The number of benzene rings is 2. The van der Waals surface area contributed by atoms with Gasteiger partial charge in [0.1, 0.15) is 0 Å². The quantitative estimate of drug-likeness (QED) is 0.631. The highest BCUT2D eigenvalue weighted by Crippen LogP contribution is 2.15. The van der Waals surface area contributed by atoms with Crippen molar-refractivity contribution in [2.24, 2.45) is 0 Å². The number of allylic oxidation sites excluding steroid dienone is 1. The Bertz CT molecular complexity index is 640. The summed E-state index contributed by atoms with van der Waals surface area (Å²) in [5, 5.41) is 0. The van der Waals surface area contributed by atoms with Crippen molar-refractivity contribution in [3.05, 3.63) is 83.4 Å². The third-order valence-corrected chi connectivity index (χ3v) is 3.82. The Morgan fingerprint density at radius 3 is 2.05 bits per heavy atom. The Kier molecular flexibility index (Phi) is 6.14. The molecule has 2 aromatic rings. The van der Waals surface area contributed by atoms with Crippen LogP contribution in [0.5, 0.6) is 0 Å². The van der Waals surface area contributed by atoms with Gasteiger partial charge in [-0.3, -0.25) is 4.79 Å². The van der Waals surface area contributed by atoms with Crippen molar-refractivity contribution in [2.45, 2.75) is 39.0 Å². The van der Waals surface area contributed by atoms with Gasteiger partial charge in [0, 0.05) is 6.42 Å². The van der Waals surface area contributed by atoms with Crippen LogP contribution in [-0.4, -0.2) is 5.78 Å². The summed E-state index contributed by atoms with van der Waals surface area (Å²) in [4.78, 5) is 11.3. The van der Waals surface area contributed by atoms with Crippen LogP contribution in [0.15, 0.2) is 61.2 Å². The van der Waals surface area contributed by atoms with Crippen LogP contribution < -0.4 is 0 Å². The minimum atomic E-state index is 0.109. The molecule has 22 heavy (non-hydrogen) atoms. The Labute approximate surface area is 133 Å². The van der Waals surface area contributed by atoms with E-state index in [2.05, 4.69) is 62.0 Å². The van der Waals surface area contributed by atoms with Crippen molar-refractivity contribution in [3.63, 3.8) is 0 Å². The second kappa shape index (κ2) is 8.33. The summed E-state index contributed by atoms with van der Waals surface area (Å²) >= 11 is 0. The van der Waals surface area contributed by atoms with Crippen LogP contribution in [0, 0.1) is 0 Å². The Balaban J connectivity index is 2.05. The minimum Gasteiger partial charge on any atom is -0.295 e. The molecule has 0 radical (unpaired) electrons. The Morgan fingerprint density at radius 1 is 0.955 bits per heavy atom. The van der Waals surface area contributed by atoms with Gasteiger partial charge in [-0.05, 0) is 47.6 Å². The second-order valence-electron chi connectivity index (χ2n) is 5.74. The molecule has 0 unspecified atom stereocenters. The van der Waals surface area contributed by atoms with Crippen molar-refractivity contribution in [1.29, 1.82) is 0 Å². The van der Waals surface area contributed by atoms with Crippen LogP contribution >= 0.6 is 0 Å². The molecule has 0 aliphatic heterocycles. The average Bonchev–Trinajstić information content (AvgIpc) is 2.53. The average molecular weight is 292 g/mol. The van der Waals surface area contributed by atoms with Gasteiger partial charge in [-0.25, -0.2) is 0 Å². The maximum Gasteiger partial charge on any atom is 0.155 e.